The first-order valence-corrected chi connectivity index (χ1v) is 8.91. The van der Waals surface area contributed by atoms with Crippen LogP contribution in [0, 0.1) is 5.92 Å². The van der Waals surface area contributed by atoms with E-state index in [9.17, 15) is 8.42 Å². The van der Waals surface area contributed by atoms with Crippen molar-refractivity contribution in [2.24, 2.45) is 5.92 Å². The zero-order chi connectivity index (χ0) is 15.3. The van der Waals surface area contributed by atoms with Gasteiger partial charge in [-0.1, -0.05) is 12.1 Å². The van der Waals surface area contributed by atoms with Crippen LogP contribution in [-0.2, 0) is 16.6 Å². The van der Waals surface area contributed by atoms with E-state index in [4.69, 9.17) is 0 Å². The van der Waals surface area contributed by atoms with Gasteiger partial charge in [0, 0.05) is 19.6 Å². The fraction of sp³-hybridized carbons (Fsp3) is 0.600. The summed E-state index contributed by atoms with van der Waals surface area (Å²) < 4.78 is 27.3. The minimum atomic E-state index is -3.40. The minimum Gasteiger partial charge on any atom is -0.316 e. The first-order chi connectivity index (χ1) is 10.0. The quantitative estimate of drug-likeness (QED) is 0.824. The first-order valence-electron chi connectivity index (χ1n) is 7.43. The zero-order valence-corrected chi connectivity index (χ0v) is 13.6. The van der Waals surface area contributed by atoms with Crippen LogP contribution >= 0.6 is 0 Å². The molecule has 0 aliphatic carbocycles. The maximum absolute atomic E-state index is 12.3. The van der Waals surface area contributed by atoms with Crippen molar-refractivity contribution in [1.29, 1.82) is 0 Å². The minimum absolute atomic E-state index is 0.339. The molecule has 0 amide bonds. The first kappa shape index (κ1) is 16.4. The topological polar surface area (TPSA) is 61.4 Å². The second kappa shape index (κ2) is 7.35. The van der Waals surface area contributed by atoms with Crippen LogP contribution in [0.2, 0.25) is 0 Å². The van der Waals surface area contributed by atoms with Crippen molar-refractivity contribution in [3.8, 4) is 0 Å². The van der Waals surface area contributed by atoms with Crippen molar-refractivity contribution in [1.82, 2.24) is 14.9 Å². The molecule has 2 rings (SSSR count). The van der Waals surface area contributed by atoms with Gasteiger partial charge in [0.15, 0.2) is 0 Å². The van der Waals surface area contributed by atoms with E-state index in [2.05, 4.69) is 22.0 Å². The lowest BCUT2D eigenvalue weighted by molar-refractivity contribution is 0.211. The van der Waals surface area contributed by atoms with E-state index < -0.39 is 10.0 Å². The molecule has 1 aliphatic rings. The lowest BCUT2D eigenvalue weighted by atomic mass is 9.99. The Bertz CT molecular complexity index is 543. The molecule has 1 aromatic rings. The third-order valence-electron chi connectivity index (χ3n) is 3.90. The Morgan fingerprint density at radius 2 is 2.00 bits per heavy atom. The molecule has 1 saturated heterocycles. The Morgan fingerprint density at radius 3 is 2.62 bits per heavy atom. The van der Waals surface area contributed by atoms with Gasteiger partial charge in [-0.25, -0.2) is 13.1 Å². The molecule has 0 bridgehead atoms. The molecular weight excluding hydrogens is 286 g/mol. The normalized spacial score (nSPS) is 20.6. The lowest BCUT2D eigenvalue weighted by Gasteiger charge is -2.29. The molecule has 21 heavy (non-hydrogen) atoms. The SMILES string of the molecule is CNCc1ccc(S(=O)(=O)NCC2CCCN(C)C2)cc1. The van der Waals surface area contributed by atoms with E-state index in [1.54, 1.807) is 12.1 Å². The summed E-state index contributed by atoms with van der Waals surface area (Å²) in [5, 5.41) is 3.04. The molecule has 0 radical (unpaired) electrons. The third-order valence-corrected chi connectivity index (χ3v) is 5.34. The number of nitrogens with zero attached hydrogens (tertiary/aromatic N) is 1. The smallest absolute Gasteiger partial charge is 0.240 e. The van der Waals surface area contributed by atoms with Gasteiger partial charge in [0.25, 0.3) is 0 Å². The molecule has 1 atom stereocenters. The zero-order valence-electron chi connectivity index (χ0n) is 12.8. The Morgan fingerprint density at radius 1 is 1.29 bits per heavy atom. The van der Waals surface area contributed by atoms with Crippen LogP contribution < -0.4 is 10.0 Å². The molecule has 1 fully saturated rings. The standard InChI is InChI=1S/C15H25N3O2S/c1-16-10-13-5-7-15(8-6-13)21(19,20)17-11-14-4-3-9-18(2)12-14/h5-8,14,16-17H,3-4,9-12H2,1-2H3. The third kappa shape index (κ3) is 4.78. The van der Waals surface area contributed by atoms with Crippen LogP contribution in [-0.4, -0.2) is 47.0 Å². The molecule has 0 saturated carbocycles. The van der Waals surface area contributed by atoms with Gasteiger partial charge in [0.05, 0.1) is 4.90 Å². The predicted octanol–water partition coefficient (Wildman–Crippen LogP) is 1.03. The molecule has 1 aromatic carbocycles. The molecule has 118 valence electrons. The van der Waals surface area contributed by atoms with Crippen molar-refractivity contribution < 1.29 is 8.42 Å². The molecule has 2 N–H and O–H groups in total. The Kier molecular flexibility index (Phi) is 5.75. The molecule has 6 heteroatoms. The van der Waals surface area contributed by atoms with E-state index in [0.29, 0.717) is 17.4 Å². The molecule has 0 aromatic heterocycles. The van der Waals surface area contributed by atoms with E-state index in [1.807, 2.05) is 19.2 Å². The summed E-state index contributed by atoms with van der Waals surface area (Å²) in [6.07, 6.45) is 2.23. The monoisotopic (exact) mass is 311 g/mol. The summed E-state index contributed by atoms with van der Waals surface area (Å²) in [4.78, 5) is 2.60. The molecule has 1 heterocycles. The van der Waals surface area contributed by atoms with E-state index in [1.165, 1.54) is 0 Å². The number of hydrogen-bond donors (Lipinski definition) is 2. The van der Waals surface area contributed by atoms with Crippen LogP contribution in [0.3, 0.4) is 0 Å². The van der Waals surface area contributed by atoms with Crippen molar-refractivity contribution >= 4 is 10.0 Å². The van der Waals surface area contributed by atoms with Crippen molar-refractivity contribution in [3.05, 3.63) is 29.8 Å². The fourth-order valence-electron chi connectivity index (χ4n) is 2.74. The van der Waals surface area contributed by atoms with Gasteiger partial charge in [0.2, 0.25) is 10.0 Å². The van der Waals surface area contributed by atoms with Crippen LogP contribution in [0.5, 0.6) is 0 Å². The van der Waals surface area contributed by atoms with Gasteiger partial charge >= 0.3 is 0 Å². The van der Waals surface area contributed by atoms with Gasteiger partial charge in [-0.3, -0.25) is 0 Å². The van der Waals surface area contributed by atoms with Gasteiger partial charge in [-0.2, -0.15) is 0 Å². The highest BCUT2D eigenvalue weighted by Crippen LogP contribution is 2.16. The number of sulfonamides is 1. The Labute approximate surface area is 127 Å². The highest BCUT2D eigenvalue weighted by molar-refractivity contribution is 7.89. The van der Waals surface area contributed by atoms with Gasteiger partial charge < -0.3 is 10.2 Å². The van der Waals surface area contributed by atoms with Crippen LogP contribution in [0.4, 0.5) is 0 Å². The average molecular weight is 311 g/mol. The van der Waals surface area contributed by atoms with Crippen molar-refractivity contribution in [2.75, 3.05) is 33.7 Å². The van der Waals surface area contributed by atoms with Crippen LogP contribution in [0.1, 0.15) is 18.4 Å². The molecule has 1 unspecified atom stereocenters. The summed E-state index contributed by atoms with van der Waals surface area (Å²) in [7, 11) is 0.555. The highest BCUT2D eigenvalue weighted by Gasteiger charge is 2.20. The number of nitrogens with one attached hydrogen (secondary N) is 2. The molecule has 0 spiro atoms. The number of piperidine rings is 1. The number of rotatable bonds is 6. The lowest BCUT2D eigenvalue weighted by Crippen LogP contribution is -2.39. The maximum atomic E-state index is 12.3. The van der Waals surface area contributed by atoms with Gasteiger partial charge in [-0.15, -0.1) is 0 Å². The highest BCUT2D eigenvalue weighted by atomic mass is 32.2. The summed E-state index contributed by atoms with van der Waals surface area (Å²) in [5.74, 6) is 0.405. The van der Waals surface area contributed by atoms with Crippen molar-refractivity contribution in [3.63, 3.8) is 0 Å². The van der Waals surface area contributed by atoms with Gasteiger partial charge in [-0.05, 0) is 57.1 Å². The fourth-order valence-corrected chi connectivity index (χ4v) is 3.86. The largest absolute Gasteiger partial charge is 0.316 e. The summed E-state index contributed by atoms with van der Waals surface area (Å²) >= 11 is 0. The van der Waals surface area contributed by atoms with Crippen LogP contribution in [0.25, 0.3) is 0 Å². The second-order valence-corrected chi connectivity index (χ2v) is 7.56. The Hall–Kier alpha value is -0.950. The van der Waals surface area contributed by atoms with E-state index in [-0.39, 0.29) is 0 Å². The summed E-state index contributed by atoms with van der Waals surface area (Å²) in [6, 6.07) is 7.03. The van der Waals surface area contributed by atoms with E-state index in [0.717, 1.165) is 38.0 Å². The second-order valence-electron chi connectivity index (χ2n) is 5.80. The molecular formula is C15H25N3O2S. The Balaban J connectivity index is 1.94. The average Bonchev–Trinajstić information content (AvgIpc) is 2.46. The number of hydrogen-bond acceptors (Lipinski definition) is 4. The summed E-state index contributed by atoms with van der Waals surface area (Å²) in [5.41, 5.74) is 1.07. The van der Waals surface area contributed by atoms with E-state index >= 15 is 0 Å². The number of benzene rings is 1. The van der Waals surface area contributed by atoms with Gasteiger partial charge in [0.1, 0.15) is 0 Å². The van der Waals surface area contributed by atoms with Crippen LogP contribution in [0.15, 0.2) is 29.2 Å². The van der Waals surface area contributed by atoms with Crippen molar-refractivity contribution in [2.45, 2.75) is 24.3 Å². The summed E-state index contributed by atoms with van der Waals surface area (Å²) in [6.45, 7) is 3.33. The maximum Gasteiger partial charge on any atom is 0.240 e. The number of likely N-dealkylation sites (tertiary alicyclic amines) is 1. The molecule has 1 aliphatic heterocycles. The molecule has 5 nitrogen and oxygen atoms in total. The predicted molar refractivity (Wildman–Crippen MR) is 84.6 cm³/mol.